The fourth-order valence-corrected chi connectivity index (χ4v) is 2.38. The molecule has 1 heterocycles. The summed E-state index contributed by atoms with van der Waals surface area (Å²) >= 11 is 5.37. The number of nitro groups is 1. The van der Waals surface area contributed by atoms with Crippen LogP contribution in [0.2, 0.25) is 0 Å². The van der Waals surface area contributed by atoms with Crippen LogP contribution in [0.4, 0.5) is 22.9 Å². The van der Waals surface area contributed by atoms with E-state index in [1.165, 1.54) is 18.2 Å². The Morgan fingerprint density at radius 2 is 1.88 bits per heavy atom. The number of aromatic nitrogens is 2. The van der Waals surface area contributed by atoms with Crippen LogP contribution in [0.5, 0.6) is 0 Å². The second-order valence-electron chi connectivity index (χ2n) is 4.83. The second-order valence-corrected chi connectivity index (χ2v) is 5.21. The molecule has 0 amide bonds. The number of hydrogen-bond acceptors (Lipinski definition) is 6. The molecule has 9 heteroatoms. The predicted octanol–water partition coefficient (Wildman–Crippen LogP) is 4.44. The molecule has 120 valence electrons. The number of rotatable bonds is 4. The third-order valence-corrected chi connectivity index (χ3v) is 3.59. The highest BCUT2D eigenvalue weighted by molar-refractivity contribution is 7.71. The molecule has 0 atom stereocenters. The highest BCUT2D eigenvalue weighted by Crippen LogP contribution is 2.28. The molecule has 24 heavy (non-hydrogen) atoms. The summed E-state index contributed by atoms with van der Waals surface area (Å²) in [7, 11) is 0. The van der Waals surface area contributed by atoms with E-state index < -0.39 is 4.92 Å². The van der Waals surface area contributed by atoms with Gasteiger partial charge in [-0.1, -0.05) is 36.5 Å². The Bertz CT molecular complexity index is 977. The Balaban J connectivity index is 1.97. The third-order valence-electron chi connectivity index (χ3n) is 3.21. The number of azo groups is 1. The van der Waals surface area contributed by atoms with Gasteiger partial charge in [-0.2, -0.15) is 5.11 Å². The van der Waals surface area contributed by atoms with Crippen molar-refractivity contribution in [1.29, 1.82) is 0 Å². The van der Waals surface area contributed by atoms with Gasteiger partial charge in [-0.15, -0.1) is 5.11 Å². The Hall–Kier alpha value is -3.33. The molecular formula is C15H12N6O2S. The summed E-state index contributed by atoms with van der Waals surface area (Å²) in [6.45, 7) is 0. The molecule has 0 fully saturated rings. The average molecular weight is 340 g/mol. The number of nitrogen functional groups attached to an aromatic ring is 1. The molecule has 0 saturated heterocycles. The lowest BCUT2D eigenvalue weighted by Crippen LogP contribution is -1.96. The van der Waals surface area contributed by atoms with Crippen molar-refractivity contribution in [2.24, 2.45) is 10.2 Å². The lowest BCUT2D eigenvalue weighted by molar-refractivity contribution is -0.384. The lowest BCUT2D eigenvalue weighted by atomic mass is 10.3. The van der Waals surface area contributed by atoms with Crippen molar-refractivity contribution in [3.05, 3.63) is 69.4 Å². The van der Waals surface area contributed by atoms with Crippen LogP contribution in [0.1, 0.15) is 0 Å². The largest absolute Gasteiger partial charge is 0.382 e. The van der Waals surface area contributed by atoms with E-state index >= 15 is 0 Å². The van der Waals surface area contributed by atoms with Crippen molar-refractivity contribution in [3.63, 3.8) is 0 Å². The van der Waals surface area contributed by atoms with Gasteiger partial charge in [0.1, 0.15) is 5.82 Å². The quantitative estimate of drug-likeness (QED) is 0.316. The minimum absolute atomic E-state index is 0.0635. The van der Waals surface area contributed by atoms with Gasteiger partial charge in [0.25, 0.3) is 5.69 Å². The highest BCUT2D eigenvalue weighted by Gasteiger charge is 2.10. The van der Waals surface area contributed by atoms with Crippen molar-refractivity contribution >= 4 is 35.1 Å². The summed E-state index contributed by atoms with van der Waals surface area (Å²) in [5.41, 5.74) is 7.31. The Morgan fingerprint density at radius 1 is 1.12 bits per heavy atom. The normalized spacial score (nSPS) is 11.0. The number of nitrogens with two attached hydrogens (primary N) is 1. The lowest BCUT2D eigenvalue weighted by Gasteiger charge is -2.00. The molecule has 0 radical (unpaired) electrons. The smallest absolute Gasteiger partial charge is 0.271 e. The van der Waals surface area contributed by atoms with E-state index in [0.29, 0.717) is 16.0 Å². The zero-order valence-electron chi connectivity index (χ0n) is 12.3. The van der Waals surface area contributed by atoms with E-state index in [2.05, 4.69) is 15.3 Å². The van der Waals surface area contributed by atoms with Crippen LogP contribution in [-0.2, 0) is 0 Å². The van der Waals surface area contributed by atoms with Gasteiger partial charge in [0.2, 0.25) is 0 Å². The molecular weight excluding hydrogens is 328 g/mol. The maximum atomic E-state index is 10.8. The molecule has 3 rings (SSSR count). The van der Waals surface area contributed by atoms with Crippen LogP contribution in [0.25, 0.3) is 5.69 Å². The maximum Gasteiger partial charge on any atom is 0.271 e. The molecule has 3 N–H and O–H groups in total. The number of nitrogens with zero attached hydrogens (tertiary/aromatic N) is 4. The third kappa shape index (κ3) is 3.06. The number of para-hydroxylation sites is 1. The standard InChI is InChI=1S/C15H12N6O2S/c16-14-13(15(24)20(19-14)11-6-2-1-3-7-11)18-17-10-5-4-8-12(9-10)21(22)23/h1-9,19H,16H2. The minimum Gasteiger partial charge on any atom is -0.382 e. The van der Waals surface area contributed by atoms with Crippen molar-refractivity contribution in [3.8, 4) is 5.69 Å². The minimum atomic E-state index is -0.494. The summed E-state index contributed by atoms with van der Waals surface area (Å²) in [5, 5.41) is 21.7. The van der Waals surface area contributed by atoms with Crippen molar-refractivity contribution < 1.29 is 4.92 Å². The summed E-state index contributed by atoms with van der Waals surface area (Å²) in [5.74, 6) is 0.262. The zero-order valence-corrected chi connectivity index (χ0v) is 13.1. The first-order chi connectivity index (χ1) is 11.6. The molecule has 0 bridgehead atoms. The van der Waals surface area contributed by atoms with Gasteiger partial charge in [-0.3, -0.25) is 15.2 Å². The Morgan fingerprint density at radius 3 is 2.58 bits per heavy atom. The Labute approximate surface area is 141 Å². The van der Waals surface area contributed by atoms with Gasteiger partial charge in [0, 0.05) is 12.1 Å². The van der Waals surface area contributed by atoms with Gasteiger partial charge in [0.15, 0.2) is 10.3 Å². The second kappa shape index (κ2) is 6.42. The first kappa shape index (κ1) is 15.6. The van der Waals surface area contributed by atoms with E-state index in [1.807, 2.05) is 30.3 Å². The van der Waals surface area contributed by atoms with Gasteiger partial charge in [0.05, 0.1) is 16.3 Å². The van der Waals surface area contributed by atoms with E-state index in [4.69, 9.17) is 18.0 Å². The molecule has 0 saturated carbocycles. The molecule has 8 nitrogen and oxygen atoms in total. The van der Waals surface area contributed by atoms with Gasteiger partial charge < -0.3 is 5.73 Å². The number of H-pyrrole nitrogens is 1. The molecule has 0 aliphatic carbocycles. The number of non-ortho nitro benzene ring substituents is 1. The first-order valence-electron chi connectivity index (χ1n) is 6.88. The molecule has 1 aromatic heterocycles. The fraction of sp³-hybridized carbons (Fsp3) is 0. The van der Waals surface area contributed by atoms with E-state index in [-0.39, 0.29) is 11.5 Å². The van der Waals surface area contributed by atoms with Crippen LogP contribution in [0, 0.1) is 14.8 Å². The first-order valence-corrected chi connectivity index (χ1v) is 7.29. The van der Waals surface area contributed by atoms with Crippen LogP contribution in [0.15, 0.2) is 64.8 Å². The zero-order chi connectivity index (χ0) is 17.1. The maximum absolute atomic E-state index is 10.8. The summed E-state index contributed by atoms with van der Waals surface area (Å²) in [6.07, 6.45) is 0. The number of anilines is 1. The fourth-order valence-electron chi connectivity index (χ4n) is 2.08. The van der Waals surface area contributed by atoms with Crippen molar-refractivity contribution in [1.82, 2.24) is 9.78 Å². The molecule has 0 unspecified atom stereocenters. The molecule has 0 aliphatic rings. The van der Waals surface area contributed by atoms with Gasteiger partial charge >= 0.3 is 0 Å². The van der Waals surface area contributed by atoms with Gasteiger partial charge in [-0.25, -0.2) is 4.68 Å². The van der Waals surface area contributed by atoms with Crippen LogP contribution in [-0.4, -0.2) is 14.7 Å². The molecule has 2 aromatic carbocycles. The topological polar surface area (TPSA) is 115 Å². The number of nitrogens with one attached hydrogen (secondary N) is 1. The number of nitro benzene ring substituents is 1. The molecule has 0 aliphatic heterocycles. The summed E-state index contributed by atoms with van der Waals surface area (Å²) in [6, 6.07) is 15.2. The predicted molar refractivity (Wildman–Crippen MR) is 92.6 cm³/mol. The molecule has 0 spiro atoms. The number of benzene rings is 2. The summed E-state index contributed by atoms with van der Waals surface area (Å²) in [4.78, 5) is 10.3. The summed E-state index contributed by atoms with van der Waals surface area (Å²) < 4.78 is 1.99. The van der Waals surface area contributed by atoms with Crippen LogP contribution < -0.4 is 5.73 Å². The monoisotopic (exact) mass is 340 g/mol. The number of hydrogen-bond donors (Lipinski definition) is 2. The highest BCUT2D eigenvalue weighted by atomic mass is 32.1. The van der Waals surface area contributed by atoms with Crippen LogP contribution >= 0.6 is 12.2 Å². The van der Waals surface area contributed by atoms with E-state index in [9.17, 15) is 10.1 Å². The Kier molecular flexibility index (Phi) is 4.17. The van der Waals surface area contributed by atoms with Crippen molar-refractivity contribution in [2.75, 3.05) is 5.73 Å². The van der Waals surface area contributed by atoms with E-state index in [1.54, 1.807) is 10.7 Å². The average Bonchev–Trinajstić information content (AvgIpc) is 2.88. The SMILES string of the molecule is Nc1[nH]n(-c2ccccc2)c(=S)c1N=Nc1cccc([N+](=O)[O-])c1. The van der Waals surface area contributed by atoms with Crippen molar-refractivity contribution in [2.45, 2.75) is 0 Å². The number of aromatic amines is 1. The van der Waals surface area contributed by atoms with Gasteiger partial charge in [-0.05, 0) is 18.2 Å². The van der Waals surface area contributed by atoms with E-state index in [0.717, 1.165) is 5.69 Å². The van der Waals surface area contributed by atoms with Crippen LogP contribution in [0.3, 0.4) is 0 Å². The molecule has 3 aromatic rings.